The maximum Gasteiger partial charge on any atom is 0.234 e. The zero-order valence-electron chi connectivity index (χ0n) is 38.5. The predicted octanol–water partition coefficient (Wildman–Crippen LogP) is 6.93. The molecule has 5 aromatic rings. The Kier molecular flexibility index (Phi) is 13.7. The molecule has 2 aromatic heterocycles. The molecule has 6 heterocycles. The third-order valence-electron chi connectivity index (χ3n) is 13.7. The van der Waals surface area contributed by atoms with Crippen LogP contribution in [0, 0.1) is 17.6 Å². The fourth-order valence-electron chi connectivity index (χ4n) is 10.2. The number of rotatable bonds is 12. The number of imide groups is 1. The lowest BCUT2D eigenvalue weighted by Gasteiger charge is -2.44. The van der Waals surface area contributed by atoms with E-state index in [1.165, 1.54) is 18.5 Å². The molecule has 68 heavy (non-hydrogen) atoms. The van der Waals surface area contributed by atoms with Gasteiger partial charge in [-0.15, -0.1) is 0 Å². The van der Waals surface area contributed by atoms with Crippen LogP contribution in [0.2, 0.25) is 0 Å². The second-order valence-corrected chi connectivity index (χ2v) is 22.3. The van der Waals surface area contributed by atoms with Crippen LogP contribution in [0.25, 0.3) is 10.9 Å². The number of piperidine rings is 2. The second-order valence-electron chi connectivity index (χ2n) is 18.3. The molecule has 0 saturated carbocycles. The Bertz CT molecular complexity index is 2800. The number of nitrogens with one attached hydrogen (secondary N) is 3. The number of ether oxygens (including phenoxy) is 1. The van der Waals surface area contributed by atoms with Crippen LogP contribution >= 0.6 is 23.1 Å². The van der Waals surface area contributed by atoms with Crippen LogP contribution in [0.1, 0.15) is 56.1 Å². The minimum Gasteiger partial charge on any atom is -0.494 e. The molecule has 358 valence electrons. The van der Waals surface area contributed by atoms with E-state index in [0.29, 0.717) is 82.8 Å². The molecule has 20 heteroatoms. The quantitative estimate of drug-likeness (QED) is 0.0866. The number of hydrogen-bond donors (Lipinski definition) is 3. The summed E-state index contributed by atoms with van der Waals surface area (Å²) >= 11 is 3.59. The van der Waals surface area contributed by atoms with Crippen molar-refractivity contribution in [3.63, 3.8) is 0 Å². The SMILES string of the molecule is CCc1cc(Nc2ncc(Br)c(Nc3ccc4ncncc4c3P(C)(C)=O)n2)c(OC)cc1N1CCC(N2CCN(C(=O)[C@@H]3CCN(c4cc(F)c([C@H]5CCC(=O)NC5=O)c(F)c4)C3)CC2)CC1. The summed E-state index contributed by atoms with van der Waals surface area (Å²) in [6, 6.07) is 10.8. The summed E-state index contributed by atoms with van der Waals surface area (Å²) in [5, 5.41) is 10.3. The number of amides is 3. The highest BCUT2D eigenvalue weighted by Crippen LogP contribution is 2.42. The normalized spacial score (nSPS) is 19.7. The molecule has 4 aliphatic heterocycles. The molecule has 2 atom stereocenters. The molecule has 3 amide bonds. The summed E-state index contributed by atoms with van der Waals surface area (Å²) in [5.74, 6) is -2.55. The topological polar surface area (TPSA) is 178 Å². The number of methoxy groups -OCH3 is 1. The van der Waals surface area contributed by atoms with Crippen molar-refractivity contribution in [3.8, 4) is 5.75 Å². The Hall–Kier alpha value is -5.78. The van der Waals surface area contributed by atoms with Gasteiger partial charge in [-0.2, -0.15) is 4.98 Å². The molecule has 3 aromatic carbocycles. The minimum absolute atomic E-state index is 0.0254. The molecule has 0 unspecified atom stereocenters. The van der Waals surface area contributed by atoms with Crippen LogP contribution in [0.15, 0.2) is 59.6 Å². The molecule has 4 saturated heterocycles. The zero-order valence-corrected chi connectivity index (χ0v) is 41.0. The van der Waals surface area contributed by atoms with Crippen LogP contribution in [-0.2, 0) is 25.4 Å². The smallest absolute Gasteiger partial charge is 0.234 e. The first-order valence-corrected chi connectivity index (χ1v) is 26.5. The first kappa shape index (κ1) is 47.3. The number of aryl methyl sites for hydroxylation is 1. The third kappa shape index (κ3) is 9.74. The van der Waals surface area contributed by atoms with Gasteiger partial charge in [0, 0.05) is 111 Å². The maximum atomic E-state index is 15.3. The molecule has 0 bridgehead atoms. The standard InChI is InChI=1S/C48H55BrF2N11O5P/c1-5-28-20-39(56-48-53-25-34(49)45(58-48)55-38-8-7-37-33(24-52-27-54-37)44(38)68(3,4)66)41(67-2)23-40(28)60-14-11-30(12-15-60)59-16-18-61(19-17-59)47(65)29-10-13-62(26-29)31-21-35(50)43(36(51)22-31)32-6-9-42(63)57-46(32)64/h7-8,20-25,27,29-30,32H,5-6,9-19,26H2,1-4H3,(H,57,63,64)(H2,53,55,56,58)/t29-,32-/m1/s1. The van der Waals surface area contributed by atoms with Gasteiger partial charge in [-0.05, 0) is 97.3 Å². The fourth-order valence-corrected chi connectivity index (χ4v) is 12.0. The number of piperazine rings is 1. The average Bonchev–Trinajstić information content (AvgIpc) is 3.83. The van der Waals surface area contributed by atoms with E-state index in [1.807, 2.05) is 21.9 Å². The first-order chi connectivity index (χ1) is 32.7. The number of hydrogen-bond acceptors (Lipinski definition) is 14. The lowest BCUT2D eigenvalue weighted by molar-refractivity contribution is -0.137. The highest BCUT2D eigenvalue weighted by molar-refractivity contribution is 9.10. The molecule has 16 nitrogen and oxygen atoms in total. The Balaban J connectivity index is 0.793. The van der Waals surface area contributed by atoms with Gasteiger partial charge in [-0.1, -0.05) is 6.92 Å². The third-order valence-corrected chi connectivity index (χ3v) is 15.9. The highest BCUT2D eigenvalue weighted by Gasteiger charge is 2.37. The fraction of sp³-hybridized carbons (Fsp3) is 0.438. The van der Waals surface area contributed by atoms with E-state index in [9.17, 15) is 18.9 Å². The first-order valence-electron chi connectivity index (χ1n) is 23.1. The number of fused-ring (bicyclic) bond motifs is 1. The number of carbonyl (C=O) groups is 3. The number of halogens is 3. The minimum atomic E-state index is -2.77. The van der Waals surface area contributed by atoms with Crippen LogP contribution < -0.4 is 35.8 Å². The molecule has 9 rings (SSSR count). The van der Waals surface area contributed by atoms with Crippen molar-refractivity contribution < 1.29 is 32.5 Å². The van der Waals surface area contributed by atoms with Gasteiger partial charge in [0.25, 0.3) is 0 Å². The molecular formula is C48H55BrF2N11O5P. The molecule has 0 spiro atoms. The van der Waals surface area contributed by atoms with Crippen molar-refractivity contribution in [2.45, 2.75) is 57.4 Å². The van der Waals surface area contributed by atoms with Gasteiger partial charge in [-0.25, -0.2) is 23.7 Å². The van der Waals surface area contributed by atoms with Crippen molar-refractivity contribution in [3.05, 3.63) is 82.4 Å². The molecule has 4 aliphatic rings. The van der Waals surface area contributed by atoms with Crippen molar-refractivity contribution in [1.29, 1.82) is 0 Å². The second kappa shape index (κ2) is 19.7. The van der Waals surface area contributed by atoms with Gasteiger partial charge in [0.05, 0.1) is 40.3 Å². The lowest BCUT2D eigenvalue weighted by Crippen LogP contribution is -2.55. The summed E-state index contributed by atoms with van der Waals surface area (Å²) in [4.78, 5) is 64.2. The van der Waals surface area contributed by atoms with E-state index in [0.717, 1.165) is 67.8 Å². The molecule has 0 radical (unpaired) electrons. The largest absolute Gasteiger partial charge is 0.494 e. The van der Waals surface area contributed by atoms with Crippen molar-refractivity contribution in [2.24, 2.45) is 5.92 Å². The summed E-state index contributed by atoms with van der Waals surface area (Å²) in [6.45, 7) is 11.0. The Morgan fingerprint density at radius 2 is 1.65 bits per heavy atom. The summed E-state index contributed by atoms with van der Waals surface area (Å²) in [7, 11) is -1.12. The van der Waals surface area contributed by atoms with Crippen molar-refractivity contribution in [2.75, 3.05) is 93.2 Å². The Morgan fingerprint density at radius 3 is 2.34 bits per heavy atom. The predicted molar refractivity (Wildman–Crippen MR) is 262 cm³/mol. The van der Waals surface area contributed by atoms with E-state index < -0.39 is 36.5 Å². The van der Waals surface area contributed by atoms with Gasteiger partial charge >= 0.3 is 0 Å². The van der Waals surface area contributed by atoms with Crippen LogP contribution in [0.5, 0.6) is 5.75 Å². The van der Waals surface area contributed by atoms with Crippen LogP contribution in [-0.4, -0.2) is 126 Å². The molecular weight excluding hydrogens is 959 g/mol. The zero-order chi connectivity index (χ0) is 47.9. The highest BCUT2D eigenvalue weighted by atomic mass is 79.9. The van der Waals surface area contributed by atoms with Crippen molar-refractivity contribution in [1.82, 2.24) is 35.1 Å². The van der Waals surface area contributed by atoms with E-state index >= 15 is 8.78 Å². The number of benzene rings is 3. The Morgan fingerprint density at radius 1 is 0.912 bits per heavy atom. The summed E-state index contributed by atoms with van der Waals surface area (Å²) in [6.07, 6.45) is 8.24. The van der Waals surface area contributed by atoms with E-state index in [2.05, 4.69) is 75.7 Å². The van der Waals surface area contributed by atoms with E-state index in [1.54, 1.807) is 32.8 Å². The average molecular weight is 1010 g/mol. The number of aromatic nitrogens is 4. The monoisotopic (exact) mass is 1010 g/mol. The Labute approximate surface area is 402 Å². The van der Waals surface area contributed by atoms with Gasteiger partial charge in [0.15, 0.2) is 0 Å². The number of carbonyl (C=O) groups excluding carboxylic acids is 3. The number of nitrogens with zero attached hydrogens (tertiary/aromatic N) is 8. The molecule has 0 aliphatic carbocycles. The van der Waals surface area contributed by atoms with Gasteiger partial charge in [-0.3, -0.25) is 24.6 Å². The van der Waals surface area contributed by atoms with Crippen LogP contribution in [0.3, 0.4) is 0 Å². The maximum absolute atomic E-state index is 15.3. The summed E-state index contributed by atoms with van der Waals surface area (Å²) in [5.41, 5.74) is 4.38. The molecule has 3 N–H and O–H groups in total. The van der Waals surface area contributed by atoms with Gasteiger partial charge in [0.2, 0.25) is 23.7 Å². The van der Waals surface area contributed by atoms with Gasteiger partial charge < -0.3 is 34.6 Å². The van der Waals surface area contributed by atoms with Crippen molar-refractivity contribution >= 4 is 91.5 Å². The molecule has 4 fully saturated rings. The summed E-state index contributed by atoms with van der Waals surface area (Å²) < 4.78 is 50.7. The number of anilines is 6. The lowest BCUT2D eigenvalue weighted by atomic mass is 9.89. The van der Waals surface area contributed by atoms with E-state index in [4.69, 9.17) is 9.72 Å². The van der Waals surface area contributed by atoms with Crippen LogP contribution in [0.4, 0.5) is 43.3 Å². The van der Waals surface area contributed by atoms with E-state index in [-0.39, 0.29) is 30.2 Å². The van der Waals surface area contributed by atoms with Gasteiger partial charge in [0.1, 0.15) is 36.7 Å².